The Hall–Kier alpha value is -1.32. The number of amides is 1. The minimum atomic E-state index is -0.526. The molecule has 0 radical (unpaired) electrons. The van der Waals surface area contributed by atoms with Gasteiger partial charge in [0, 0.05) is 5.92 Å². The van der Waals surface area contributed by atoms with Crippen molar-refractivity contribution >= 4 is 5.91 Å². The number of oxazole rings is 1. The van der Waals surface area contributed by atoms with Gasteiger partial charge in [-0.05, 0) is 19.8 Å². The monoisotopic (exact) mass is 208 g/mol. The van der Waals surface area contributed by atoms with Gasteiger partial charge in [-0.25, -0.2) is 4.98 Å². The lowest BCUT2D eigenvalue weighted by Crippen LogP contribution is -2.11. The third-order valence-corrected chi connectivity index (χ3v) is 2.99. The molecular weight excluding hydrogens is 192 g/mol. The highest BCUT2D eigenvalue weighted by atomic mass is 16.4. The predicted molar refractivity (Wildman–Crippen MR) is 55.6 cm³/mol. The Kier molecular flexibility index (Phi) is 2.75. The van der Waals surface area contributed by atoms with Crippen molar-refractivity contribution in [3.63, 3.8) is 0 Å². The highest BCUT2D eigenvalue weighted by molar-refractivity contribution is 5.90. The van der Waals surface area contributed by atoms with Gasteiger partial charge in [0.05, 0.1) is 5.69 Å². The van der Waals surface area contributed by atoms with Crippen LogP contribution in [0.5, 0.6) is 0 Å². The third kappa shape index (κ3) is 2.03. The van der Waals surface area contributed by atoms with Gasteiger partial charge in [0.1, 0.15) is 0 Å². The summed E-state index contributed by atoms with van der Waals surface area (Å²) in [5.74, 6) is 0.768. The lowest BCUT2D eigenvalue weighted by Gasteiger charge is -2.17. The molecule has 82 valence electrons. The number of hydrogen-bond donors (Lipinski definition) is 1. The Morgan fingerprint density at radius 3 is 2.60 bits per heavy atom. The van der Waals surface area contributed by atoms with Crippen LogP contribution in [0.2, 0.25) is 0 Å². The molecule has 0 aromatic carbocycles. The summed E-state index contributed by atoms with van der Waals surface area (Å²) in [6.07, 6.45) is 5.95. The zero-order chi connectivity index (χ0) is 10.8. The first-order chi connectivity index (χ1) is 7.18. The van der Waals surface area contributed by atoms with Crippen LogP contribution in [0, 0.1) is 6.92 Å². The van der Waals surface area contributed by atoms with Crippen LogP contribution >= 0.6 is 0 Å². The summed E-state index contributed by atoms with van der Waals surface area (Å²) in [4.78, 5) is 15.3. The van der Waals surface area contributed by atoms with Gasteiger partial charge in [-0.1, -0.05) is 19.3 Å². The Morgan fingerprint density at radius 2 is 2.07 bits per heavy atom. The first kappa shape index (κ1) is 10.2. The topological polar surface area (TPSA) is 69.1 Å². The second kappa shape index (κ2) is 4.04. The highest BCUT2D eigenvalue weighted by Gasteiger charge is 2.23. The van der Waals surface area contributed by atoms with E-state index >= 15 is 0 Å². The van der Waals surface area contributed by atoms with E-state index in [0.717, 1.165) is 12.8 Å². The van der Waals surface area contributed by atoms with Crippen molar-refractivity contribution in [3.8, 4) is 0 Å². The maximum absolute atomic E-state index is 11.0. The van der Waals surface area contributed by atoms with Crippen molar-refractivity contribution < 1.29 is 9.21 Å². The molecule has 1 aromatic heterocycles. The molecule has 1 amide bonds. The first-order valence-electron chi connectivity index (χ1n) is 5.45. The Labute approximate surface area is 88.9 Å². The molecule has 1 aliphatic carbocycles. The van der Waals surface area contributed by atoms with Gasteiger partial charge < -0.3 is 10.2 Å². The van der Waals surface area contributed by atoms with Crippen LogP contribution in [-0.2, 0) is 0 Å². The SMILES string of the molecule is Cc1nc(C2CCCCC2)oc1C(N)=O. The smallest absolute Gasteiger partial charge is 0.286 e. The number of hydrogen-bond acceptors (Lipinski definition) is 3. The predicted octanol–water partition coefficient (Wildman–Crippen LogP) is 2.13. The summed E-state index contributed by atoms with van der Waals surface area (Å²) in [6, 6.07) is 0. The summed E-state index contributed by atoms with van der Waals surface area (Å²) in [5.41, 5.74) is 5.80. The molecule has 2 rings (SSSR count). The van der Waals surface area contributed by atoms with Gasteiger partial charge >= 0.3 is 0 Å². The minimum Gasteiger partial charge on any atom is -0.435 e. The Bertz CT molecular complexity index is 365. The third-order valence-electron chi connectivity index (χ3n) is 2.99. The molecule has 0 saturated heterocycles. The summed E-state index contributed by atoms with van der Waals surface area (Å²) < 4.78 is 5.43. The molecular formula is C11H16N2O2. The van der Waals surface area contributed by atoms with Crippen molar-refractivity contribution in [3.05, 3.63) is 17.3 Å². The molecule has 1 fully saturated rings. The van der Waals surface area contributed by atoms with Crippen molar-refractivity contribution in [2.75, 3.05) is 0 Å². The van der Waals surface area contributed by atoms with E-state index in [0.29, 0.717) is 17.5 Å². The average molecular weight is 208 g/mol. The Balaban J connectivity index is 2.21. The molecule has 2 N–H and O–H groups in total. The van der Waals surface area contributed by atoms with E-state index in [-0.39, 0.29) is 5.76 Å². The molecule has 0 atom stereocenters. The van der Waals surface area contributed by atoms with Crippen LogP contribution < -0.4 is 5.73 Å². The number of nitrogens with zero attached hydrogens (tertiary/aromatic N) is 1. The number of carbonyl (C=O) groups excluding carboxylic acids is 1. The van der Waals surface area contributed by atoms with E-state index in [4.69, 9.17) is 10.2 Å². The number of nitrogens with two attached hydrogens (primary N) is 1. The average Bonchev–Trinajstić information content (AvgIpc) is 2.62. The van der Waals surface area contributed by atoms with Gasteiger partial charge in [0.2, 0.25) is 5.76 Å². The molecule has 0 spiro atoms. The van der Waals surface area contributed by atoms with Crippen LogP contribution in [-0.4, -0.2) is 10.9 Å². The standard InChI is InChI=1S/C11H16N2O2/c1-7-9(10(12)14)15-11(13-7)8-5-3-2-4-6-8/h8H,2-6H2,1H3,(H2,12,14). The second-order valence-electron chi connectivity index (χ2n) is 4.17. The van der Waals surface area contributed by atoms with Gasteiger partial charge in [-0.15, -0.1) is 0 Å². The van der Waals surface area contributed by atoms with Crippen molar-refractivity contribution in [2.45, 2.75) is 44.9 Å². The fourth-order valence-corrected chi connectivity index (χ4v) is 2.17. The van der Waals surface area contributed by atoms with Crippen LogP contribution in [0.25, 0.3) is 0 Å². The van der Waals surface area contributed by atoms with Crippen molar-refractivity contribution in [1.29, 1.82) is 0 Å². The maximum atomic E-state index is 11.0. The van der Waals surface area contributed by atoms with Crippen molar-refractivity contribution in [1.82, 2.24) is 4.98 Å². The number of aryl methyl sites for hydroxylation is 1. The van der Waals surface area contributed by atoms with Crippen LogP contribution in [0.15, 0.2) is 4.42 Å². The molecule has 0 bridgehead atoms. The molecule has 4 heteroatoms. The maximum Gasteiger partial charge on any atom is 0.286 e. The molecule has 4 nitrogen and oxygen atoms in total. The largest absolute Gasteiger partial charge is 0.435 e. The fourth-order valence-electron chi connectivity index (χ4n) is 2.17. The molecule has 15 heavy (non-hydrogen) atoms. The summed E-state index contributed by atoms with van der Waals surface area (Å²) in [5, 5.41) is 0. The molecule has 1 aromatic rings. The van der Waals surface area contributed by atoms with Crippen LogP contribution in [0.4, 0.5) is 0 Å². The van der Waals surface area contributed by atoms with E-state index in [1.807, 2.05) is 0 Å². The van der Waals surface area contributed by atoms with E-state index in [2.05, 4.69) is 4.98 Å². The number of aromatic nitrogens is 1. The number of rotatable bonds is 2. The lowest BCUT2D eigenvalue weighted by molar-refractivity contribution is 0.0970. The Morgan fingerprint density at radius 1 is 1.40 bits per heavy atom. The lowest BCUT2D eigenvalue weighted by atomic mass is 9.89. The second-order valence-corrected chi connectivity index (χ2v) is 4.17. The molecule has 0 aliphatic heterocycles. The van der Waals surface area contributed by atoms with Crippen LogP contribution in [0.1, 0.15) is 60.2 Å². The summed E-state index contributed by atoms with van der Waals surface area (Å²) in [6.45, 7) is 1.76. The summed E-state index contributed by atoms with van der Waals surface area (Å²) >= 11 is 0. The number of primary amides is 1. The zero-order valence-electron chi connectivity index (χ0n) is 8.95. The van der Waals surface area contributed by atoms with E-state index in [1.54, 1.807) is 6.92 Å². The molecule has 1 aliphatic rings. The number of carbonyl (C=O) groups is 1. The molecule has 1 heterocycles. The van der Waals surface area contributed by atoms with E-state index in [9.17, 15) is 4.79 Å². The van der Waals surface area contributed by atoms with Gasteiger partial charge in [0.15, 0.2) is 5.89 Å². The van der Waals surface area contributed by atoms with Gasteiger partial charge in [-0.2, -0.15) is 0 Å². The first-order valence-corrected chi connectivity index (χ1v) is 5.45. The zero-order valence-corrected chi connectivity index (χ0v) is 8.95. The van der Waals surface area contributed by atoms with E-state index in [1.165, 1.54) is 19.3 Å². The summed E-state index contributed by atoms with van der Waals surface area (Å²) in [7, 11) is 0. The molecule has 1 saturated carbocycles. The van der Waals surface area contributed by atoms with E-state index < -0.39 is 5.91 Å². The molecule has 0 unspecified atom stereocenters. The van der Waals surface area contributed by atoms with Gasteiger partial charge in [-0.3, -0.25) is 4.79 Å². The van der Waals surface area contributed by atoms with Gasteiger partial charge in [0.25, 0.3) is 5.91 Å². The minimum absolute atomic E-state index is 0.218. The quantitative estimate of drug-likeness (QED) is 0.809. The van der Waals surface area contributed by atoms with Crippen LogP contribution in [0.3, 0.4) is 0 Å². The normalized spacial score (nSPS) is 17.9. The van der Waals surface area contributed by atoms with Crippen molar-refractivity contribution in [2.24, 2.45) is 5.73 Å². The fraction of sp³-hybridized carbons (Fsp3) is 0.636. The highest BCUT2D eigenvalue weighted by Crippen LogP contribution is 2.32.